The number of aryl methyl sites for hydroxylation is 1. The molecule has 0 radical (unpaired) electrons. The molecule has 1 aliphatic rings. The number of amides is 1. The lowest BCUT2D eigenvalue weighted by Gasteiger charge is -2.30. The molecule has 0 aromatic carbocycles. The minimum atomic E-state index is 0. The fourth-order valence-corrected chi connectivity index (χ4v) is 2.35. The number of hydrogen-bond acceptors (Lipinski definition) is 6. The molecule has 20 heavy (non-hydrogen) atoms. The van der Waals surface area contributed by atoms with E-state index in [0.29, 0.717) is 31.3 Å². The first-order valence-electron chi connectivity index (χ1n) is 6.68. The van der Waals surface area contributed by atoms with Gasteiger partial charge in [-0.05, 0) is 26.3 Å². The van der Waals surface area contributed by atoms with Crippen LogP contribution in [0, 0.1) is 12.8 Å². The molecule has 7 nitrogen and oxygen atoms in total. The van der Waals surface area contributed by atoms with E-state index < -0.39 is 0 Å². The molecule has 1 aromatic rings. The van der Waals surface area contributed by atoms with Crippen LogP contribution in [0.5, 0.6) is 0 Å². The first-order valence-corrected chi connectivity index (χ1v) is 6.68. The lowest BCUT2D eigenvalue weighted by atomic mass is 9.97. The number of carbonyl (C=O) groups is 1. The molecule has 1 unspecified atom stereocenters. The van der Waals surface area contributed by atoms with Crippen molar-refractivity contribution in [1.82, 2.24) is 20.4 Å². The van der Waals surface area contributed by atoms with Crippen molar-refractivity contribution in [3.05, 3.63) is 11.7 Å². The Morgan fingerprint density at radius 2 is 2.40 bits per heavy atom. The van der Waals surface area contributed by atoms with Crippen LogP contribution in [0.2, 0.25) is 0 Å². The van der Waals surface area contributed by atoms with Gasteiger partial charge in [-0.1, -0.05) is 5.16 Å². The number of carbonyl (C=O) groups excluding carboxylic acids is 1. The third-order valence-electron chi connectivity index (χ3n) is 3.25. The van der Waals surface area contributed by atoms with E-state index in [1.807, 2.05) is 0 Å². The average Bonchev–Trinajstić information content (AvgIpc) is 2.81. The zero-order valence-corrected chi connectivity index (χ0v) is 12.5. The van der Waals surface area contributed by atoms with Gasteiger partial charge in [-0.3, -0.25) is 9.69 Å². The van der Waals surface area contributed by atoms with E-state index in [0.717, 1.165) is 25.9 Å². The van der Waals surface area contributed by atoms with Crippen LogP contribution in [0.4, 0.5) is 0 Å². The molecule has 0 aliphatic carbocycles. The van der Waals surface area contributed by atoms with Gasteiger partial charge < -0.3 is 15.6 Å². The third kappa shape index (κ3) is 4.73. The molecular formula is C12H22ClN5O2. The van der Waals surface area contributed by atoms with Crippen molar-refractivity contribution >= 4 is 18.3 Å². The van der Waals surface area contributed by atoms with Crippen LogP contribution in [0.1, 0.15) is 24.6 Å². The molecule has 3 N–H and O–H groups in total. The Balaban J connectivity index is 0.00000200. The molecule has 0 saturated carbocycles. The molecule has 1 amide bonds. The van der Waals surface area contributed by atoms with Crippen LogP contribution < -0.4 is 11.1 Å². The number of aromatic nitrogens is 2. The highest BCUT2D eigenvalue weighted by Gasteiger charge is 2.26. The number of rotatable bonds is 5. The highest BCUT2D eigenvalue weighted by Crippen LogP contribution is 2.18. The van der Waals surface area contributed by atoms with Gasteiger partial charge in [-0.15, -0.1) is 12.4 Å². The lowest BCUT2D eigenvalue weighted by Crippen LogP contribution is -2.43. The highest BCUT2D eigenvalue weighted by atomic mass is 35.5. The van der Waals surface area contributed by atoms with Crippen LogP contribution in [0.15, 0.2) is 4.52 Å². The minimum absolute atomic E-state index is 0. The van der Waals surface area contributed by atoms with Crippen LogP contribution in [-0.4, -0.2) is 47.1 Å². The number of hydrogen-bond donors (Lipinski definition) is 2. The number of nitrogens with two attached hydrogens (primary N) is 1. The topological polar surface area (TPSA) is 97.3 Å². The molecule has 1 aromatic heterocycles. The van der Waals surface area contributed by atoms with E-state index in [9.17, 15) is 4.79 Å². The normalized spacial score (nSPS) is 19.4. The summed E-state index contributed by atoms with van der Waals surface area (Å²) in [5, 5.41) is 6.62. The van der Waals surface area contributed by atoms with Crippen molar-refractivity contribution < 1.29 is 9.32 Å². The van der Waals surface area contributed by atoms with Crippen molar-refractivity contribution in [2.24, 2.45) is 11.7 Å². The van der Waals surface area contributed by atoms with Crippen molar-refractivity contribution in [2.45, 2.75) is 26.3 Å². The molecule has 1 fully saturated rings. The van der Waals surface area contributed by atoms with Gasteiger partial charge in [0.05, 0.1) is 12.5 Å². The molecule has 114 valence electrons. The molecular weight excluding hydrogens is 282 g/mol. The van der Waals surface area contributed by atoms with E-state index in [-0.39, 0.29) is 24.2 Å². The summed E-state index contributed by atoms with van der Waals surface area (Å²) in [5.41, 5.74) is 5.39. The maximum Gasteiger partial charge on any atom is 0.240 e. The Morgan fingerprint density at radius 3 is 3.05 bits per heavy atom. The van der Waals surface area contributed by atoms with Crippen LogP contribution in [-0.2, 0) is 11.3 Å². The monoisotopic (exact) mass is 303 g/mol. The Morgan fingerprint density at radius 1 is 1.60 bits per heavy atom. The van der Waals surface area contributed by atoms with E-state index >= 15 is 0 Å². The average molecular weight is 304 g/mol. The van der Waals surface area contributed by atoms with Gasteiger partial charge in [0.2, 0.25) is 11.8 Å². The third-order valence-corrected chi connectivity index (χ3v) is 3.25. The van der Waals surface area contributed by atoms with Crippen LogP contribution >= 0.6 is 12.4 Å². The maximum absolute atomic E-state index is 11.9. The quantitative estimate of drug-likeness (QED) is 0.800. The predicted octanol–water partition coefficient (Wildman–Crippen LogP) is 0.0867. The number of nitrogens with one attached hydrogen (secondary N) is 1. The summed E-state index contributed by atoms with van der Waals surface area (Å²) >= 11 is 0. The Labute approximate surface area is 124 Å². The summed E-state index contributed by atoms with van der Waals surface area (Å²) < 4.78 is 5.11. The molecule has 1 aliphatic heterocycles. The second-order valence-corrected chi connectivity index (χ2v) is 4.89. The standard InChI is InChI=1S/C12H21N5O2.ClH/c1-9-15-11(19-16-9)8-17-6-2-3-10(7-17)12(18)14-5-4-13;/h10H,2-8,13H2,1H3,(H,14,18);1H. The minimum Gasteiger partial charge on any atom is -0.355 e. The second-order valence-electron chi connectivity index (χ2n) is 4.89. The summed E-state index contributed by atoms with van der Waals surface area (Å²) in [7, 11) is 0. The van der Waals surface area contributed by atoms with E-state index in [4.69, 9.17) is 10.3 Å². The molecule has 1 saturated heterocycles. The highest BCUT2D eigenvalue weighted by molar-refractivity contribution is 5.85. The number of piperidine rings is 1. The van der Waals surface area contributed by atoms with Gasteiger partial charge >= 0.3 is 0 Å². The van der Waals surface area contributed by atoms with Gasteiger partial charge in [0, 0.05) is 19.6 Å². The van der Waals surface area contributed by atoms with Gasteiger partial charge in [0.1, 0.15) is 0 Å². The summed E-state index contributed by atoms with van der Waals surface area (Å²) in [5.74, 6) is 1.38. The zero-order valence-electron chi connectivity index (χ0n) is 11.7. The van der Waals surface area contributed by atoms with E-state index in [1.54, 1.807) is 6.92 Å². The fraction of sp³-hybridized carbons (Fsp3) is 0.750. The van der Waals surface area contributed by atoms with Gasteiger partial charge in [-0.25, -0.2) is 0 Å². The summed E-state index contributed by atoms with van der Waals surface area (Å²) in [6, 6.07) is 0. The predicted molar refractivity (Wildman–Crippen MR) is 76.3 cm³/mol. The molecule has 0 spiro atoms. The van der Waals surface area contributed by atoms with Crippen LogP contribution in [0.3, 0.4) is 0 Å². The first kappa shape index (κ1) is 16.9. The van der Waals surface area contributed by atoms with Crippen LogP contribution in [0.25, 0.3) is 0 Å². The van der Waals surface area contributed by atoms with Crippen molar-refractivity contribution in [1.29, 1.82) is 0 Å². The van der Waals surface area contributed by atoms with E-state index in [1.165, 1.54) is 0 Å². The molecule has 2 heterocycles. The molecule has 8 heteroatoms. The first-order chi connectivity index (χ1) is 9.19. The number of halogens is 1. The molecule has 2 rings (SSSR count). The largest absolute Gasteiger partial charge is 0.355 e. The van der Waals surface area contributed by atoms with Crippen molar-refractivity contribution in [3.63, 3.8) is 0 Å². The maximum atomic E-state index is 11.9. The lowest BCUT2D eigenvalue weighted by molar-refractivity contribution is -0.126. The van der Waals surface area contributed by atoms with Crippen molar-refractivity contribution in [3.8, 4) is 0 Å². The SMILES string of the molecule is Cc1noc(CN2CCCC(C(=O)NCCN)C2)n1.Cl. The summed E-state index contributed by atoms with van der Waals surface area (Å²) in [6.07, 6.45) is 1.93. The summed E-state index contributed by atoms with van der Waals surface area (Å²) in [4.78, 5) is 18.3. The van der Waals surface area contributed by atoms with Gasteiger partial charge in [0.15, 0.2) is 5.82 Å². The zero-order chi connectivity index (χ0) is 13.7. The second kappa shape index (κ2) is 8.18. The van der Waals surface area contributed by atoms with Gasteiger partial charge in [0.25, 0.3) is 0 Å². The van der Waals surface area contributed by atoms with E-state index in [2.05, 4.69) is 20.4 Å². The smallest absolute Gasteiger partial charge is 0.240 e. The molecule has 1 atom stereocenters. The summed E-state index contributed by atoms with van der Waals surface area (Å²) in [6.45, 7) is 5.12. The number of nitrogens with zero attached hydrogens (tertiary/aromatic N) is 3. The molecule has 0 bridgehead atoms. The van der Waals surface area contributed by atoms with Crippen molar-refractivity contribution in [2.75, 3.05) is 26.2 Å². The Kier molecular flexibility index (Phi) is 6.90. The van der Waals surface area contributed by atoms with Gasteiger partial charge in [-0.2, -0.15) is 4.98 Å². The Hall–Kier alpha value is -1.18. The Bertz CT molecular complexity index is 426. The number of likely N-dealkylation sites (tertiary alicyclic amines) is 1. The fourth-order valence-electron chi connectivity index (χ4n) is 2.35.